The lowest BCUT2D eigenvalue weighted by atomic mass is 9.96. The second-order valence-corrected chi connectivity index (χ2v) is 6.08. The molecule has 0 bridgehead atoms. The summed E-state index contributed by atoms with van der Waals surface area (Å²) < 4.78 is 2.00. The Morgan fingerprint density at radius 1 is 1.32 bits per heavy atom. The zero-order valence-electron chi connectivity index (χ0n) is 11.2. The number of halogens is 2. The van der Waals surface area contributed by atoms with Crippen LogP contribution in [-0.2, 0) is 6.42 Å². The lowest BCUT2D eigenvalue weighted by Gasteiger charge is -2.13. The first-order chi connectivity index (χ1) is 9.10. The van der Waals surface area contributed by atoms with Crippen LogP contribution in [0.5, 0.6) is 0 Å². The van der Waals surface area contributed by atoms with Crippen LogP contribution in [0, 0.1) is 0 Å². The molecular weight excluding hydrogens is 324 g/mol. The number of alkyl halides is 1. The van der Waals surface area contributed by atoms with Crippen molar-refractivity contribution in [2.45, 2.75) is 32.2 Å². The molecule has 1 unspecified atom stereocenters. The molecule has 0 radical (unpaired) electrons. The summed E-state index contributed by atoms with van der Waals surface area (Å²) in [6.45, 7) is 4.27. The third-order valence-electron chi connectivity index (χ3n) is 3.15. The van der Waals surface area contributed by atoms with Crippen LogP contribution in [0.1, 0.15) is 37.1 Å². The van der Waals surface area contributed by atoms with Gasteiger partial charge in [0.15, 0.2) is 0 Å². The molecule has 2 nitrogen and oxygen atoms in total. The van der Waals surface area contributed by atoms with Gasteiger partial charge in [0, 0.05) is 22.6 Å². The maximum atomic E-state index is 6.06. The van der Waals surface area contributed by atoms with Crippen LogP contribution < -0.4 is 0 Å². The van der Waals surface area contributed by atoms with Crippen LogP contribution in [0.4, 0.5) is 0 Å². The van der Waals surface area contributed by atoms with Gasteiger partial charge in [-0.3, -0.25) is 4.68 Å². The summed E-state index contributed by atoms with van der Waals surface area (Å²) in [5, 5.41) is 6.30. The lowest BCUT2D eigenvalue weighted by Crippen LogP contribution is -2.07. The molecular formula is C15H18BrClN2. The number of hydrogen-bond donors (Lipinski definition) is 0. The molecule has 19 heavy (non-hydrogen) atoms. The maximum absolute atomic E-state index is 6.06. The Morgan fingerprint density at radius 2 is 2.11 bits per heavy atom. The van der Waals surface area contributed by atoms with Crippen LogP contribution in [0.2, 0.25) is 5.02 Å². The van der Waals surface area contributed by atoms with Crippen molar-refractivity contribution in [2.24, 2.45) is 0 Å². The minimum absolute atomic E-state index is 0.397. The second-order valence-electron chi connectivity index (χ2n) is 4.99. The standard InChI is InChI=1S/C15H18BrClN2/c1-11(2)19-7-6-15(18-19)9-13(10-16)12-4-3-5-14(17)8-12/h3-8,11,13H,9-10H2,1-2H3. The molecule has 0 aliphatic carbocycles. The second kappa shape index (κ2) is 6.58. The highest BCUT2D eigenvalue weighted by Gasteiger charge is 2.13. The van der Waals surface area contributed by atoms with E-state index in [4.69, 9.17) is 11.6 Å². The molecule has 0 amide bonds. The molecule has 4 heteroatoms. The molecule has 1 aromatic heterocycles. The van der Waals surface area contributed by atoms with Gasteiger partial charge in [0.25, 0.3) is 0 Å². The molecule has 1 atom stereocenters. The van der Waals surface area contributed by atoms with E-state index >= 15 is 0 Å². The number of nitrogens with zero attached hydrogens (tertiary/aromatic N) is 2. The molecule has 0 saturated heterocycles. The largest absolute Gasteiger partial charge is 0.270 e. The monoisotopic (exact) mass is 340 g/mol. The highest BCUT2D eigenvalue weighted by molar-refractivity contribution is 9.09. The van der Waals surface area contributed by atoms with E-state index in [9.17, 15) is 0 Å². The first-order valence-corrected chi connectivity index (χ1v) is 7.95. The lowest BCUT2D eigenvalue weighted by molar-refractivity contribution is 0.524. The quantitative estimate of drug-likeness (QED) is 0.712. The van der Waals surface area contributed by atoms with E-state index in [1.165, 1.54) is 5.56 Å². The predicted octanol–water partition coefficient (Wildman–Crippen LogP) is 4.84. The van der Waals surface area contributed by atoms with Gasteiger partial charge >= 0.3 is 0 Å². The van der Waals surface area contributed by atoms with Gasteiger partial charge in [0.2, 0.25) is 0 Å². The van der Waals surface area contributed by atoms with E-state index in [1.807, 2.05) is 29.1 Å². The summed E-state index contributed by atoms with van der Waals surface area (Å²) in [7, 11) is 0. The third-order valence-corrected chi connectivity index (χ3v) is 4.17. The van der Waals surface area contributed by atoms with Gasteiger partial charge in [0.1, 0.15) is 0 Å². The summed E-state index contributed by atoms with van der Waals surface area (Å²) in [4.78, 5) is 0. The molecule has 1 heterocycles. The minimum atomic E-state index is 0.397. The molecule has 0 fully saturated rings. The van der Waals surface area contributed by atoms with Gasteiger partial charge in [-0.2, -0.15) is 5.10 Å². The van der Waals surface area contributed by atoms with Crippen molar-refractivity contribution < 1.29 is 0 Å². The fourth-order valence-electron chi connectivity index (χ4n) is 2.05. The molecule has 0 spiro atoms. The van der Waals surface area contributed by atoms with Crippen LogP contribution >= 0.6 is 27.5 Å². The van der Waals surface area contributed by atoms with E-state index in [0.717, 1.165) is 22.5 Å². The van der Waals surface area contributed by atoms with E-state index < -0.39 is 0 Å². The van der Waals surface area contributed by atoms with E-state index in [0.29, 0.717) is 12.0 Å². The van der Waals surface area contributed by atoms with Crippen molar-refractivity contribution in [1.29, 1.82) is 0 Å². The van der Waals surface area contributed by atoms with Gasteiger partial charge in [-0.25, -0.2) is 0 Å². The van der Waals surface area contributed by atoms with Crippen LogP contribution in [0.15, 0.2) is 36.5 Å². The van der Waals surface area contributed by atoms with E-state index in [1.54, 1.807) is 0 Å². The fraction of sp³-hybridized carbons (Fsp3) is 0.400. The number of hydrogen-bond acceptors (Lipinski definition) is 1. The number of rotatable bonds is 5. The van der Waals surface area contributed by atoms with Crippen LogP contribution in [0.25, 0.3) is 0 Å². The van der Waals surface area contributed by atoms with Crippen molar-refractivity contribution in [2.75, 3.05) is 5.33 Å². The van der Waals surface area contributed by atoms with Gasteiger partial charge < -0.3 is 0 Å². The van der Waals surface area contributed by atoms with Crippen molar-refractivity contribution in [1.82, 2.24) is 9.78 Å². The normalized spacial score (nSPS) is 12.9. The number of benzene rings is 1. The molecule has 0 aliphatic heterocycles. The van der Waals surface area contributed by atoms with Crippen molar-refractivity contribution in [3.8, 4) is 0 Å². The SMILES string of the molecule is CC(C)n1ccc(CC(CBr)c2cccc(Cl)c2)n1. The van der Waals surface area contributed by atoms with Crippen molar-refractivity contribution in [3.63, 3.8) is 0 Å². The molecule has 2 rings (SSSR count). The van der Waals surface area contributed by atoms with Gasteiger partial charge in [-0.15, -0.1) is 0 Å². The molecule has 0 N–H and O–H groups in total. The number of aromatic nitrogens is 2. The maximum Gasteiger partial charge on any atom is 0.0631 e. The van der Waals surface area contributed by atoms with Gasteiger partial charge in [-0.1, -0.05) is 39.7 Å². The molecule has 102 valence electrons. The zero-order valence-corrected chi connectivity index (χ0v) is 13.5. The molecule has 2 aromatic rings. The summed E-state index contributed by atoms with van der Waals surface area (Å²) in [6, 6.07) is 10.6. The van der Waals surface area contributed by atoms with Crippen LogP contribution in [-0.4, -0.2) is 15.1 Å². The predicted molar refractivity (Wildman–Crippen MR) is 84.3 cm³/mol. The van der Waals surface area contributed by atoms with E-state index in [2.05, 4.69) is 47.0 Å². The van der Waals surface area contributed by atoms with Crippen molar-refractivity contribution in [3.05, 3.63) is 52.8 Å². The summed E-state index contributed by atoms with van der Waals surface area (Å²) in [5.74, 6) is 0.397. The van der Waals surface area contributed by atoms with Crippen molar-refractivity contribution >= 4 is 27.5 Å². The fourth-order valence-corrected chi connectivity index (χ4v) is 2.85. The Hall–Kier alpha value is -0.800. The smallest absolute Gasteiger partial charge is 0.0631 e. The average molecular weight is 342 g/mol. The van der Waals surface area contributed by atoms with Crippen LogP contribution in [0.3, 0.4) is 0 Å². The first-order valence-electron chi connectivity index (χ1n) is 6.45. The average Bonchev–Trinajstić information content (AvgIpc) is 2.84. The topological polar surface area (TPSA) is 17.8 Å². The molecule has 1 aromatic carbocycles. The third kappa shape index (κ3) is 3.83. The zero-order chi connectivity index (χ0) is 13.8. The Morgan fingerprint density at radius 3 is 2.68 bits per heavy atom. The van der Waals surface area contributed by atoms with E-state index in [-0.39, 0.29) is 0 Å². The Labute approximate surface area is 127 Å². The Bertz CT molecular complexity index is 536. The summed E-state index contributed by atoms with van der Waals surface area (Å²) in [6.07, 6.45) is 2.97. The summed E-state index contributed by atoms with van der Waals surface area (Å²) in [5.41, 5.74) is 2.38. The first kappa shape index (κ1) is 14.6. The van der Waals surface area contributed by atoms with Gasteiger partial charge in [-0.05, 0) is 49.9 Å². The Balaban J connectivity index is 2.14. The minimum Gasteiger partial charge on any atom is -0.270 e. The Kier molecular flexibility index (Phi) is 5.06. The summed E-state index contributed by atoms with van der Waals surface area (Å²) >= 11 is 9.65. The molecule has 0 aliphatic rings. The molecule has 0 saturated carbocycles. The highest BCUT2D eigenvalue weighted by atomic mass is 79.9. The highest BCUT2D eigenvalue weighted by Crippen LogP contribution is 2.25. The van der Waals surface area contributed by atoms with Gasteiger partial charge in [0.05, 0.1) is 5.69 Å².